The van der Waals surface area contributed by atoms with E-state index in [2.05, 4.69) is 10.3 Å². The Kier molecular flexibility index (Phi) is 8.32. The second-order valence-electron chi connectivity index (χ2n) is 7.18. The molecule has 0 aliphatic rings. The van der Waals surface area contributed by atoms with E-state index in [9.17, 15) is 18.0 Å². The zero-order valence-electron chi connectivity index (χ0n) is 19.1. The smallest absolute Gasteiger partial charge is 0.248 e. The Hall–Kier alpha value is -3.34. The first kappa shape index (κ1) is 25.3. The number of rotatable bonds is 9. The Bertz CT molecular complexity index is 1280. The number of sulfonamides is 1. The van der Waals surface area contributed by atoms with Gasteiger partial charge in [0.25, 0.3) is 0 Å². The van der Waals surface area contributed by atoms with Gasteiger partial charge in [-0.15, -0.1) is 11.3 Å². The van der Waals surface area contributed by atoms with Crippen LogP contribution in [0.4, 0.5) is 16.5 Å². The third-order valence-electron chi connectivity index (χ3n) is 4.88. The lowest BCUT2D eigenvalue weighted by molar-refractivity contribution is -0.116. The number of anilines is 3. The quantitative estimate of drug-likeness (QED) is 0.438. The van der Waals surface area contributed by atoms with Crippen LogP contribution in [-0.4, -0.2) is 42.6 Å². The summed E-state index contributed by atoms with van der Waals surface area (Å²) in [4.78, 5) is 30.6. The second kappa shape index (κ2) is 11.2. The Morgan fingerprint density at radius 1 is 1.06 bits per heavy atom. The normalized spacial score (nSPS) is 11.6. The summed E-state index contributed by atoms with van der Waals surface area (Å²) in [5, 5.41) is 4.91. The summed E-state index contributed by atoms with van der Waals surface area (Å²) in [5.41, 5.74) is 1.60. The average Bonchev–Trinajstić information content (AvgIpc) is 3.27. The van der Waals surface area contributed by atoms with Crippen LogP contribution >= 0.6 is 11.3 Å². The standard InChI is InChI=1S/C24H26N4O4S2/c1-4-27(5-2)34(31,32)22-13-9-10-19(16-22)25-23(30)15-14-20-17-33-24(26-20)28(18(3)29)21-11-7-6-8-12-21/h6-17H,4-5H2,1-3H3,(H,25,30)/b15-14+. The highest BCUT2D eigenvalue weighted by Gasteiger charge is 2.22. The lowest BCUT2D eigenvalue weighted by atomic mass is 10.3. The van der Waals surface area contributed by atoms with Gasteiger partial charge in [-0.2, -0.15) is 4.31 Å². The maximum atomic E-state index is 12.7. The highest BCUT2D eigenvalue weighted by molar-refractivity contribution is 7.89. The van der Waals surface area contributed by atoms with Crippen molar-refractivity contribution in [2.24, 2.45) is 0 Å². The minimum absolute atomic E-state index is 0.118. The number of amides is 2. The number of carbonyl (C=O) groups excluding carboxylic acids is 2. The number of hydrogen-bond donors (Lipinski definition) is 1. The summed E-state index contributed by atoms with van der Waals surface area (Å²) in [7, 11) is -3.63. The van der Waals surface area contributed by atoms with Gasteiger partial charge in [-0.3, -0.25) is 14.5 Å². The van der Waals surface area contributed by atoms with Crippen LogP contribution < -0.4 is 10.2 Å². The van der Waals surface area contributed by atoms with Crippen molar-refractivity contribution in [1.82, 2.24) is 9.29 Å². The lowest BCUT2D eigenvalue weighted by Crippen LogP contribution is -2.30. The molecule has 0 aliphatic carbocycles. The van der Waals surface area contributed by atoms with E-state index < -0.39 is 15.9 Å². The van der Waals surface area contributed by atoms with Crippen molar-refractivity contribution in [2.45, 2.75) is 25.7 Å². The summed E-state index contributed by atoms with van der Waals surface area (Å²) in [6.45, 7) is 5.73. The van der Waals surface area contributed by atoms with Crippen molar-refractivity contribution in [3.05, 3.63) is 71.7 Å². The van der Waals surface area contributed by atoms with Crippen LogP contribution in [0.3, 0.4) is 0 Å². The number of nitrogens with one attached hydrogen (secondary N) is 1. The fourth-order valence-corrected chi connectivity index (χ4v) is 5.61. The first-order chi connectivity index (χ1) is 16.3. The topological polar surface area (TPSA) is 99.7 Å². The molecule has 34 heavy (non-hydrogen) atoms. The molecule has 8 nitrogen and oxygen atoms in total. The van der Waals surface area contributed by atoms with E-state index in [0.29, 0.717) is 35.3 Å². The maximum Gasteiger partial charge on any atom is 0.248 e. The number of thiazole rings is 1. The Morgan fingerprint density at radius 2 is 1.76 bits per heavy atom. The molecular formula is C24H26N4O4S2. The number of nitrogens with zero attached hydrogens (tertiary/aromatic N) is 3. The fourth-order valence-electron chi connectivity index (χ4n) is 3.25. The predicted octanol–water partition coefficient (Wildman–Crippen LogP) is 4.51. The monoisotopic (exact) mass is 498 g/mol. The van der Waals surface area contributed by atoms with Crippen LogP contribution in [0.5, 0.6) is 0 Å². The molecule has 3 aromatic rings. The Balaban J connectivity index is 1.72. The summed E-state index contributed by atoms with van der Waals surface area (Å²) in [6.07, 6.45) is 2.85. The van der Waals surface area contributed by atoms with Gasteiger partial charge in [-0.1, -0.05) is 38.1 Å². The van der Waals surface area contributed by atoms with E-state index in [1.165, 1.54) is 51.8 Å². The van der Waals surface area contributed by atoms with E-state index in [-0.39, 0.29) is 10.8 Å². The zero-order chi connectivity index (χ0) is 24.7. The van der Waals surface area contributed by atoms with Crippen molar-refractivity contribution in [2.75, 3.05) is 23.3 Å². The summed E-state index contributed by atoms with van der Waals surface area (Å²) < 4.78 is 26.8. The van der Waals surface area contributed by atoms with Crippen molar-refractivity contribution in [3.8, 4) is 0 Å². The highest BCUT2D eigenvalue weighted by Crippen LogP contribution is 2.29. The van der Waals surface area contributed by atoms with E-state index in [0.717, 1.165) is 0 Å². The first-order valence-corrected chi connectivity index (χ1v) is 13.0. The molecule has 0 fully saturated rings. The number of carbonyl (C=O) groups is 2. The van der Waals surface area contributed by atoms with Crippen LogP contribution in [0, 0.1) is 0 Å². The van der Waals surface area contributed by atoms with Crippen molar-refractivity contribution < 1.29 is 18.0 Å². The average molecular weight is 499 g/mol. The van der Waals surface area contributed by atoms with E-state index in [4.69, 9.17) is 0 Å². The number of para-hydroxylation sites is 1. The molecule has 3 rings (SSSR count). The summed E-state index contributed by atoms with van der Waals surface area (Å²) in [5.74, 6) is -0.605. The molecule has 1 aromatic heterocycles. The minimum Gasteiger partial charge on any atom is -0.322 e. The molecule has 0 unspecified atom stereocenters. The highest BCUT2D eigenvalue weighted by atomic mass is 32.2. The van der Waals surface area contributed by atoms with E-state index in [1.54, 1.807) is 31.4 Å². The maximum absolute atomic E-state index is 12.7. The number of aromatic nitrogens is 1. The molecular weight excluding hydrogens is 472 g/mol. The largest absolute Gasteiger partial charge is 0.322 e. The molecule has 0 saturated heterocycles. The fraction of sp³-hybridized carbons (Fsp3) is 0.208. The Labute approximate surface area is 203 Å². The third-order valence-corrected chi connectivity index (χ3v) is 7.77. The summed E-state index contributed by atoms with van der Waals surface area (Å²) in [6, 6.07) is 15.3. The zero-order valence-corrected chi connectivity index (χ0v) is 20.8. The molecule has 1 N–H and O–H groups in total. The lowest BCUT2D eigenvalue weighted by Gasteiger charge is -2.18. The van der Waals surface area contributed by atoms with Gasteiger partial charge in [0.15, 0.2) is 5.13 Å². The molecule has 2 amide bonds. The van der Waals surface area contributed by atoms with Gasteiger partial charge >= 0.3 is 0 Å². The molecule has 2 aromatic carbocycles. The molecule has 0 atom stereocenters. The van der Waals surface area contributed by atoms with E-state index >= 15 is 0 Å². The van der Waals surface area contributed by atoms with Gasteiger partial charge in [0.05, 0.1) is 16.3 Å². The molecule has 178 valence electrons. The van der Waals surface area contributed by atoms with Gasteiger partial charge in [0.1, 0.15) is 0 Å². The van der Waals surface area contributed by atoms with Crippen LogP contribution in [0.1, 0.15) is 26.5 Å². The molecule has 0 aliphatic heterocycles. The first-order valence-electron chi connectivity index (χ1n) is 10.7. The summed E-state index contributed by atoms with van der Waals surface area (Å²) >= 11 is 1.29. The van der Waals surface area contributed by atoms with Gasteiger partial charge < -0.3 is 5.32 Å². The van der Waals surface area contributed by atoms with Crippen molar-refractivity contribution in [3.63, 3.8) is 0 Å². The minimum atomic E-state index is -3.63. The predicted molar refractivity (Wildman–Crippen MR) is 136 cm³/mol. The molecule has 1 heterocycles. The molecule has 0 bridgehead atoms. The van der Waals surface area contributed by atoms with Crippen LogP contribution in [0.25, 0.3) is 6.08 Å². The van der Waals surface area contributed by atoms with Crippen LogP contribution in [0.15, 0.2) is 70.9 Å². The van der Waals surface area contributed by atoms with Gasteiger partial charge in [0, 0.05) is 37.2 Å². The van der Waals surface area contributed by atoms with Crippen molar-refractivity contribution in [1.29, 1.82) is 0 Å². The molecule has 0 spiro atoms. The number of benzene rings is 2. The Morgan fingerprint density at radius 3 is 2.41 bits per heavy atom. The van der Waals surface area contributed by atoms with Crippen LogP contribution in [0.2, 0.25) is 0 Å². The van der Waals surface area contributed by atoms with Gasteiger partial charge in [-0.05, 0) is 36.4 Å². The molecule has 0 radical (unpaired) electrons. The van der Waals surface area contributed by atoms with Crippen LogP contribution in [-0.2, 0) is 19.6 Å². The van der Waals surface area contributed by atoms with Gasteiger partial charge in [-0.25, -0.2) is 13.4 Å². The van der Waals surface area contributed by atoms with Crippen molar-refractivity contribution >= 4 is 55.8 Å². The van der Waals surface area contributed by atoms with E-state index in [1.807, 2.05) is 30.3 Å². The second-order valence-corrected chi connectivity index (χ2v) is 9.96. The van der Waals surface area contributed by atoms with Gasteiger partial charge in [0.2, 0.25) is 21.8 Å². The molecule has 0 saturated carbocycles. The SMILES string of the molecule is CCN(CC)S(=O)(=O)c1cccc(NC(=O)/C=C/c2csc(N(C(C)=O)c3ccccc3)n2)c1. The number of hydrogen-bond acceptors (Lipinski definition) is 6. The third kappa shape index (κ3) is 5.96. The molecule has 10 heteroatoms.